The summed E-state index contributed by atoms with van der Waals surface area (Å²) in [7, 11) is 1.62. The highest BCUT2D eigenvalue weighted by molar-refractivity contribution is 5.88. The van der Waals surface area contributed by atoms with Crippen LogP contribution in [-0.4, -0.2) is 22.8 Å². The molecule has 1 N–H and O–H groups in total. The molecular formula is C15H17NO3. The van der Waals surface area contributed by atoms with E-state index in [4.69, 9.17) is 4.74 Å². The predicted octanol–water partition coefficient (Wildman–Crippen LogP) is 3.44. The Bertz CT molecular complexity index is 582. The maximum absolute atomic E-state index is 11.2. The molecule has 0 aliphatic rings. The van der Waals surface area contributed by atoms with Gasteiger partial charge >= 0.3 is 5.97 Å². The highest BCUT2D eigenvalue weighted by atomic mass is 16.5. The van der Waals surface area contributed by atoms with Gasteiger partial charge in [-0.1, -0.05) is 12.1 Å². The molecule has 2 aromatic rings. The topological polar surface area (TPSA) is 51.5 Å². The molecule has 0 aliphatic carbocycles. The summed E-state index contributed by atoms with van der Waals surface area (Å²) in [6.07, 6.45) is 1.87. The monoisotopic (exact) mass is 259 g/mol. The van der Waals surface area contributed by atoms with Crippen molar-refractivity contribution in [2.24, 2.45) is 0 Å². The van der Waals surface area contributed by atoms with Crippen molar-refractivity contribution in [2.45, 2.75) is 19.9 Å². The Morgan fingerprint density at radius 3 is 2.26 bits per heavy atom. The van der Waals surface area contributed by atoms with Crippen LogP contribution in [0, 0.1) is 0 Å². The Balaban J connectivity index is 2.44. The largest absolute Gasteiger partial charge is 0.497 e. The Morgan fingerprint density at radius 1 is 1.21 bits per heavy atom. The van der Waals surface area contributed by atoms with Crippen molar-refractivity contribution in [2.75, 3.05) is 7.11 Å². The van der Waals surface area contributed by atoms with Crippen LogP contribution in [0.15, 0.2) is 36.5 Å². The van der Waals surface area contributed by atoms with E-state index in [1.165, 1.54) is 0 Å². The first-order valence-corrected chi connectivity index (χ1v) is 6.12. The molecule has 0 bridgehead atoms. The fourth-order valence-electron chi connectivity index (χ4n) is 2.02. The molecule has 4 heteroatoms. The van der Waals surface area contributed by atoms with Gasteiger partial charge in [0.1, 0.15) is 11.4 Å². The first kappa shape index (κ1) is 13.2. The number of carbonyl (C=O) groups is 1. The molecule has 0 unspecified atom stereocenters. The first-order valence-electron chi connectivity index (χ1n) is 6.12. The molecule has 100 valence electrons. The predicted molar refractivity (Wildman–Crippen MR) is 73.8 cm³/mol. The van der Waals surface area contributed by atoms with Crippen molar-refractivity contribution in [3.8, 4) is 16.9 Å². The average molecular weight is 259 g/mol. The summed E-state index contributed by atoms with van der Waals surface area (Å²) in [5.74, 6) is -0.126. The lowest BCUT2D eigenvalue weighted by molar-refractivity contribution is 0.0683. The van der Waals surface area contributed by atoms with Gasteiger partial charge in [-0.15, -0.1) is 0 Å². The Morgan fingerprint density at radius 2 is 1.84 bits per heavy atom. The Labute approximate surface area is 112 Å². The summed E-state index contributed by atoms with van der Waals surface area (Å²) in [4.78, 5) is 11.2. The summed E-state index contributed by atoms with van der Waals surface area (Å²) in [5, 5.41) is 9.22. The lowest BCUT2D eigenvalue weighted by Gasteiger charge is -2.09. The lowest BCUT2D eigenvalue weighted by Crippen LogP contribution is -2.09. The van der Waals surface area contributed by atoms with E-state index < -0.39 is 5.97 Å². The minimum atomic E-state index is -0.909. The van der Waals surface area contributed by atoms with E-state index in [9.17, 15) is 9.90 Å². The number of aromatic carboxylic acids is 1. The number of rotatable bonds is 4. The van der Waals surface area contributed by atoms with E-state index in [0.29, 0.717) is 5.69 Å². The summed E-state index contributed by atoms with van der Waals surface area (Å²) in [5.41, 5.74) is 2.18. The Kier molecular flexibility index (Phi) is 3.60. The number of ether oxygens (including phenoxy) is 1. The summed E-state index contributed by atoms with van der Waals surface area (Å²) >= 11 is 0. The van der Waals surface area contributed by atoms with Crippen molar-refractivity contribution in [1.29, 1.82) is 0 Å². The second kappa shape index (κ2) is 5.18. The lowest BCUT2D eigenvalue weighted by atomic mass is 10.1. The molecule has 2 rings (SSSR count). The van der Waals surface area contributed by atoms with Crippen LogP contribution in [0.1, 0.15) is 30.4 Å². The van der Waals surface area contributed by atoms with E-state index in [2.05, 4.69) is 0 Å². The van der Waals surface area contributed by atoms with Crippen LogP contribution >= 0.6 is 0 Å². The van der Waals surface area contributed by atoms with Crippen LogP contribution in [0.4, 0.5) is 0 Å². The van der Waals surface area contributed by atoms with Gasteiger partial charge in [-0.25, -0.2) is 4.79 Å². The van der Waals surface area contributed by atoms with Gasteiger partial charge in [0.05, 0.1) is 7.11 Å². The zero-order chi connectivity index (χ0) is 14.0. The van der Waals surface area contributed by atoms with Gasteiger partial charge in [0, 0.05) is 17.8 Å². The maximum Gasteiger partial charge on any atom is 0.352 e. The molecule has 19 heavy (non-hydrogen) atoms. The molecule has 0 atom stereocenters. The van der Waals surface area contributed by atoms with Gasteiger partial charge in [-0.05, 0) is 37.6 Å². The van der Waals surface area contributed by atoms with Crippen LogP contribution in [0.5, 0.6) is 5.75 Å². The quantitative estimate of drug-likeness (QED) is 0.915. The first-order chi connectivity index (χ1) is 9.02. The molecule has 0 amide bonds. The van der Waals surface area contributed by atoms with Crippen molar-refractivity contribution in [1.82, 2.24) is 4.57 Å². The number of hydrogen-bond donors (Lipinski definition) is 1. The minimum absolute atomic E-state index is 0.109. The third-order valence-corrected chi connectivity index (χ3v) is 3.05. The average Bonchev–Trinajstić information content (AvgIpc) is 2.84. The van der Waals surface area contributed by atoms with Crippen LogP contribution in [0.25, 0.3) is 11.1 Å². The van der Waals surface area contributed by atoms with Crippen molar-refractivity contribution in [3.05, 3.63) is 42.2 Å². The zero-order valence-electron chi connectivity index (χ0n) is 11.3. The molecule has 0 saturated heterocycles. The third kappa shape index (κ3) is 2.62. The second-order valence-corrected chi connectivity index (χ2v) is 4.65. The number of aromatic nitrogens is 1. The molecule has 1 aromatic heterocycles. The highest BCUT2D eigenvalue weighted by Crippen LogP contribution is 2.26. The van der Waals surface area contributed by atoms with E-state index in [-0.39, 0.29) is 6.04 Å². The third-order valence-electron chi connectivity index (χ3n) is 3.05. The van der Waals surface area contributed by atoms with Crippen LogP contribution in [0.2, 0.25) is 0 Å². The van der Waals surface area contributed by atoms with E-state index in [0.717, 1.165) is 16.9 Å². The molecule has 4 nitrogen and oxygen atoms in total. The fraction of sp³-hybridized carbons (Fsp3) is 0.267. The maximum atomic E-state index is 11.2. The van der Waals surface area contributed by atoms with E-state index >= 15 is 0 Å². The minimum Gasteiger partial charge on any atom is -0.497 e. The number of carboxylic acid groups (broad SMARTS) is 1. The normalized spacial score (nSPS) is 10.7. The fourth-order valence-corrected chi connectivity index (χ4v) is 2.02. The zero-order valence-corrected chi connectivity index (χ0v) is 11.3. The second-order valence-electron chi connectivity index (χ2n) is 4.65. The molecule has 0 spiro atoms. The van der Waals surface area contributed by atoms with Crippen molar-refractivity contribution in [3.63, 3.8) is 0 Å². The number of benzene rings is 1. The summed E-state index contributed by atoms with van der Waals surface area (Å²) < 4.78 is 6.88. The van der Waals surface area contributed by atoms with Crippen LogP contribution in [-0.2, 0) is 0 Å². The number of hydrogen-bond acceptors (Lipinski definition) is 2. The van der Waals surface area contributed by atoms with Crippen molar-refractivity contribution >= 4 is 5.97 Å². The van der Waals surface area contributed by atoms with Gasteiger partial charge < -0.3 is 14.4 Å². The molecule has 1 aromatic carbocycles. The van der Waals surface area contributed by atoms with Crippen LogP contribution in [0.3, 0.4) is 0 Å². The van der Waals surface area contributed by atoms with Gasteiger partial charge in [0.15, 0.2) is 0 Å². The molecule has 0 saturated carbocycles. The molecule has 0 radical (unpaired) electrons. The number of nitrogens with zero attached hydrogens (tertiary/aromatic N) is 1. The van der Waals surface area contributed by atoms with E-state index in [1.807, 2.05) is 44.3 Å². The van der Waals surface area contributed by atoms with Gasteiger partial charge in [0.2, 0.25) is 0 Å². The molecule has 0 aliphatic heterocycles. The summed E-state index contributed by atoms with van der Waals surface area (Å²) in [6, 6.07) is 9.38. The number of methoxy groups -OCH3 is 1. The number of carboxylic acids is 1. The molecular weight excluding hydrogens is 242 g/mol. The van der Waals surface area contributed by atoms with Gasteiger partial charge in [0.25, 0.3) is 0 Å². The van der Waals surface area contributed by atoms with Gasteiger partial charge in [-0.3, -0.25) is 0 Å². The highest BCUT2D eigenvalue weighted by Gasteiger charge is 2.15. The Hall–Kier alpha value is -2.23. The molecule has 0 fully saturated rings. The SMILES string of the molecule is COc1ccc(-c2cc(C(=O)O)n(C(C)C)c2)cc1. The smallest absolute Gasteiger partial charge is 0.352 e. The van der Waals surface area contributed by atoms with E-state index in [1.54, 1.807) is 17.7 Å². The molecule has 1 heterocycles. The summed E-state index contributed by atoms with van der Waals surface area (Å²) in [6.45, 7) is 3.93. The standard InChI is InChI=1S/C15H17NO3/c1-10(2)16-9-12(8-14(16)15(17)18)11-4-6-13(19-3)7-5-11/h4-10H,1-3H3,(H,17,18). The van der Waals surface area contributed by atoms with Gasteiger partial charge in [-0.2, -0.15) is 0 Å². The van der Waals surface area contributed by atoms with Crippen molar-refractivity contribution < 1.29 is 14.6 Å². The van der Waals surface area contributed by atoms with Crippen LogP contribution < -0.4 is 4.74 Å².